The predicted molar refractivity (Wildman–Crippen MR) is 56.5 cm³/mol. The number of nitrogens with zero attached hydrogens (tertiary/aromatic N) is 1. The van der Waals surface area contributed by atoms with Crippen molar-refractivity contribution in [3.63, 3.8) is 0 Å². The highest BCUT2D eigenvalue weighted by Crippen LogP contribution is 2.54. The summed E-state index contributed by atoms with van der Waals surface area (Å²) in [6.45, 7) is -0.552. The van der Waals surface area contributed by atoms with Crippen LogP contribution in [0.1, 0.15) is 0 Å². The number of halogens is 4. The number of rotatable bonds is 2. The maximum Gasteiger partial charge on any atom is 0.279 e. The third-order valence-electron chi connectivity index (χ3n) is 1.72. The van der Waals surface area contributed by atoms with Gasteiger partial charge in [0.15, 0.2) is 0 Å². The highest BCUT2D eigenvalue weighted by molar-refractivity contribution is 7.95. The van der Waals surface area contributed by atoms with E-state index in [-0.39, 0.29) is 4.31 Å². The minimum atomic E-state index is -4.36. The molecule has 5 nitrogen and oxygen atoms in total. The Morgan fingerprint density at radius 3 is 2.07 bits per heavy atom. The summed E-state index contributed by atoms with van der Waals surface area (Å²) in [5.41, 5.74) is 0. The van der Waals surface area contributed by atoms with E-state index in [1.807, 2.05) is 0 Å². The fourth-order valence-electron chi connectivity index (χ4n) is 0.936. The first kappa shape index (κ1) is 13.6. The van der Waals surface area contributed by atoms with Gasteiger partial charge in [0.2, 0.25) is 4.33 Å². The molecule has 0 N–H and O–H groups in total. The van der Waals surface area contributed by atoms with E-state index in [0.29, 0.717) is 0 Å². The summed E-state index contributed by atoms with van der Waals surface area (Å²) in [4.78, 5) is 11.5. The standard InChI is InChI=1S/C5H5Cl4NO4S/c1-14-2-10-3(11)4(6,7)5(8,9)15(10,12)13/h2H2,1H3. The number of sulfonamides is 1. The molecular formula is C5H5Cl4NO4S. The first-order valence-electron chi connectivity index (χ1n) is 3.42. The lowest BCUT2D eigenvalue weighted by Gasteiger charge is -2.18. The molecular weight excluding hydrogens is 312 g/mol. The van der Waals surface area contributed by atoms with Crippen LogP contribution in [-0.2, 0) is 19.6 Å². The zero-order valence-electron chi connectivity index (χ0n) is 7.21. The van der Waals surface area contributed by atoms with Crippen LogP contribution in [0.2, 0.25) is 0 Å². The van der Waals surface area contributed by atoms with E-state index in [4.69, 9.17) is 46.4 Å². The lowest BCUT2D eigenvalue weighted by Crippen LogP contribution is -2.38. The highest BCUT2D eigenvalue weighted by Gasteiger charge is 2.72. The Hall–Kier alpha value is 0.540. The first-order chi connectivity index (χ1) is 6.60. The third kappa shape index (κ3) is 1.62. The summed E-state index contributed by atoms with van der Waals surface area (Å²) in [6, 6.07) is 0. The molecule has 15 heavy (non-hydrogen) atoms. The molecule has 0 aromatic rings. The van der Waals surface area contributed by atoms with E-state index in [1.54, 1.807) is 0 Å². The summed E-state index contributed by atoms with van der Waals surface area (Å²) in [7, 11) is -3.17. The number of alkyl halides is 4. The lowest BCUT2D eigenvalue weighted by atomic mass is 10.4. The minimum Gasteiger partial charge on any atom is -0.363 e. The number of carbonyl (C=O) groups excluding carboxylic acids is 1. The molecule has 1 rings (SSSR count). The molecule has 1 fully saturated rings. The number of hydrogen-bond acceptors (Lipinski definition) is 4. The molecule has 0 atom stereocenters. The van der Waals surface area contributed by atoms with E-state index < -0.39 is 30.7 Å². The fraction of sp³-hybridized carbons (Fsp3) is 0.800. The number of ether oxygens (including phenoxy) is 1. The SMILES string of the molecule is COCN1C(=O)C(Cl)(Cl)C(Cl)(Cl)S1(=O)=O. The Balaban J connectivity index is 3.35. The van der Waals surface area contributed by atoms with Crippen molar-refractivity contribution >= 4 is 62.3 Å². The molecule has 1 heterocycles. The summed E-state index contributed by atoms with van der Waals surface area (Å²) in [5.74, 6) is -1.14. The monoisotopic (exact) mass is 315 g/mol. The number of carbonyl (C=O) groups is 1. The van der Waals surface area contributed by atoms with Gasteiger partial charge in [0, 0.05) is 7.11 Å². The number of hydrogen-bond donors (Lipinski definition) is 0. The molecule has 10 heteroatoms. The number of methoxy groups -OCH3 is 1. The molecule has 1 aliphatic rings. The predicted octanol–water partition coefficient (Wildman–Crippen LogP) is 1.07. The normalized spacial score (nSPS) is 27.0. The smallest absolute Gasteiger partial charge is 0.279 e. The molecule has 0 saturated carbocycles. The van der Waals surface area contributed by atoms with Gasteiger partial charge < -0.3 is 4.74 Å². The Bertz CT molecular complexity index is 392. The van der Waals surface area contributed by atoms with Crippen molar-refractivity contribution in [2.24, 2.45) is 0 Å². The van der Waals surface area contributed by atoms with Crippen molar-refractivity contribution in [3.8, 4) is 0 Å². The maximum absolute atomic E-state index is 11.6. The van der Waals surface area contributed by atoms with Crippen molar-refractivity contribution < 1.29 is 17.9 Å². The van der Waals surface area contributed by atoms with Gasteiger partial charge in [-0.2, -0.15) is 0 Å². The molecule has 0 bridgehead atoms. The maximum atomic E-state index is 11.6. The molecule has 0 aromatic heterocycles. The van der Waals surface area contributed by atoms with Gasteiger partial charge in [0.25, 0.3) is 19.6 Å². The Kier molecular flexibility index (Phi) is 3.43. The molecule has 0 spiro atoms. The first-order valence-corrected chi connectivity index (χ1v) is 6.37. The van der Waals surface area contributed by atoms with Gasteiger partial charge in [-0.25, -0.2) is 12.7 Å². The van der Waals surface area contributed by atoms with E-state index in [0.717, 1.165) is 0 Å². The molecule has 1 amide bonds. The molecule has 1 saturated heterocycles. The van der Waals surface area contributed by atoms with Crippen molar-refractivity contribution in [3.05, 3.63) is 0 Å². The summed E-state index contributed by atoms with van der Waals surface area (Å²) in [6.07, 6.45) is 0. The quantitative estimate of drug-likeness (QED) is 0.715. The molecule has 0 radical (unpaired) electrons. The minimum absolute atomic E-state index is 0.285. The second-order valence-corrected chi connectivity index (χ2v) is 7.77. The van der Waals surface area contributed by atoms with Crippen molar-refractivity contribution in [1.29, 1.82) is 0 Å². The van der Waals surface area contributed by atoms with E-state index in [9.17, 15) is 13.2 Å². The fourth-order valence-corrected chi connectivity index (χ4v) is 3.77. The van der Waals surface area contributed by atoms with E-state index in [1.165, 1.54) is 7.11 Å². The van der Waals surface area contributed by atoms with E-state index >= 15 is 0 Å². The van der Waals surface area contributed by atoms with Gasteiger partial charge in [0.1, 0.15) is 6.73 Å². The van der Waals surface area contributed by atoms with Gasteiger partial charge >= 0.3 is 0 Å². The van der Waals surface area contributed by atoms with Crippen LogP contribution in [0, 0.1) is 0 Å². The van der Waals surface area contributed by atoms with Crippen LogP contribution in [-0.4, -0.2) is 40.5 Å². The Morgan fingerprint density at radius 2 is 1.80 bits per heavy atom. The van der Waals surface area contributed by atoms with E-state index in [2.05, 4.69) is 4.74 Å². The van der Waals surface area contributed by atoms with Gasteiger partial charge in [-0.15, -0.1) is 0 Å². The molecule has 0 aromatic carbocycles. The third-order valence-corrected chi connectivity index (χ3v) is 6.76. The Morgan fingerprint density at radius 1 is 1.33 bits per heavy atom. The molecule has 88 valence electrons. The van der Waals surface area contributed by atoms with Crippen LogP contribution in [0.25, 0.3) is 0 Å². The average Bonchev–Trinajstić information content (AvgIpc) is 2.18. The van der Waals surface area contributed by atoms with Gasteiger partial charge in [-0.3, -0.25) is 4.79 Å². The van der Waals surface area contributed by atoms with Crippen LogP contribution in [0.5, 0.6) is 0 Å². The largest absolute Gasteiger partial charge is 0.363 e. The highest BCUT2D eigenvalue weighted by atomic mass is 35.5. The Labute approximate surface area is 106 Å². The molecule has 0 aliphatic carbocycles. The summed E-state index contributed by atoms with van der Waals surface area (Å²) < 4.78 is 23.0. The van der Waals surface area contributed by atoms with Crippen LogP contribution in [0.15, 0.2) is 0 Å². The lowest BCUT2D eigenvalue weighted by molar-refractivity contribution is -0.128. The van der Waals surface area contributed by atoms with Crippen LogP contribution < -0.4 is 0 Å². The van der Waals surface area contributed by atoms with Gasteiger partial charge in [-0.1, -0.05) is 46.4 Å². The zero-order chi connectivity index (χ0) is 12.1. The van der Waals surface area contributed by atoms with Crippen molar-refractivity contribution in [2.75, 3.05) is 13.8 Å². The van der Waals surface area contributed by atoms with Crippen LogP contribution in [0.3, 0.4) is 0 Å². The van der Waals surface area contributed by atoms with Crippen molar-refractivity contribution in [1.82, 2.24) is 4.31 Å². The molecule has 1 aliphatic heterocycles. The van der Waals surface area contributed by atoms with Crippen LogP contribution >= 0.6 is 46.4 Å². The topological polar surface area (TPSA) is 63.7 Å². The second kappa shape index (κ2) is 3.78. The average molecular weight is 317 g/mol. The van der Waals surface area contributed by atoms with Gasteiger partial charge in [0.05, 0.1) is 0 Å². The zero-order valence-corrected chi connectivity index (χ0v) is 11.0. The molecule has 0 unspecified atom stereocenters. The summed E-state index contributed by atoms with van der Waals surface area (Å²) >= 11 is 21.9. The van der Waals surface area contributed by atoms with Crippen molar-refractivity contribution in [2.45, 2.75) is 8.00 Å². The van der Waals surface area contributed by atoms with Crippen LogP contribution in [0.4, 0.5) is 0 Å². The van der Waals surface area contributed by atoms with Gasteiger partial charge in [-0.05, 0) is 0 Å². The summed E-state index contributed by atoms with van der Waals surface area (Å²) in [5, 5.41) is 0. The number of amides is 1. The second-order valence-electron chi connectivity index (χ2n) is 2.67.